The molecule has 3 atom stereocenters. The Morgan fingerprint density at radius 1 is 1.24 bits per heavy atom. The van der Waals surface area contributed by atoms with Gasteiger partial charge in [-0.15, -0.1) is 0 Å². The Labute approximate surface area is 195 Å². The van der Waals surface area contributed by atoms with Crippen molar-refractivity contribution in [3.8, 4) is 17.0 Å². The van der Waals surface area contributed by atoms with Crippen molar-refractivity contribution in [2.75, 3.05) is 47.9 Å². The van der Waals surface area contributed by atoms with Gasteiger partial charge in [0, 0.05) is 50.4 Å². The van der Waals surface area contributed by atoms with Gasteiger partial charge in [-0.3, -0.25) is 9.59 Å². The fourth-order valence-electron chi connectivity index (χ4n) is 3.93. The first-order valence-electron chi connectivity index (χ1n) is 11.2. The highest BCUT2D eigenvalue weighted by atomic mass is 16.5. The van der Waals surface area contributed by atoms with E-state index in [2.05, 4.69) is 4.98 Å². The molecule has 8 heteroatoms. The number of hydrogen-bond acceptors (Lipinski definition) is 6. The first kappa shape index (κ1) is 24.7. The molecule has 3 rings (SSSR count). The van der Waals surface area contributed by atoms with Gasteiger partial charge in [-0.2, -0.15) is 0 Å². The summed E-state index contributed by atoms with van der Waals surface area (Å²) in [7, 11) is 7.38. The van der Waals surface area contributed by atoms with E-state index in [9.17, 15) is 14.7 Å². The summed E-state index contributed by atoms with van der Waals surface area (Å²) in [5.41, 5.74) is 2.41. The third-order valence-electron chi connectivity index (χ3n) is 5.92. The number of amides is 2. The van der Waals surface area contributed by atoms with Crippen LogP contribution in [0.3, 0.4) is 0 Å². The van der Waals surface area contributed by atoms with Crippen LogP contribution < -0.4 is 4.74 Å². The molecular formula is C25H34N4O4. The van der Waals surface area contributed by atoms with Crippen LogP contribution in [0.2, 0.25) is 0 Å². The lowest BCUT2D eigenvalue weighted by molar-refractivity contribution is 0.0348. The van der Waals surface area contributed by atoms with Crippen molar-refractivity contribution in [3.63, 3.8) is 0 Å². The van der Waals surface area contributed by atoms with E-state index in [0.717, 1.165) is 5.56 Å². The fraction of sp³-hybridized carbons (Fsp3) is 0.480. The van der Waals surface area contributed by atoms with Crippen LogP contribution in [0.5, 0.6) is 5.88 Å². The zero-order chi connectivity index (χ0) is 24.3. The number of carbonyl (C=O) groups is 2. The summed E-state index contributed by atoms with van der Waals surface area (Å²) < 4.78 is 6.25. The predicted octanol–water partition coefficient (Wildman–Crippen LogP) is 2.23. The van der Waals surface area contributed by atoms with Crippen molar-refractivity contribution in [3.05, 3.63) is 47.7 Å². The number of hydrogen-bond donors (Lipinski definition) is 1. The van der Waals surface area contributed by atoms with Crippen molar-refractivity contribution >= 4 is 11.8 Å². The number of pyridine rings is 1. The van der Waals surface area contributed by atoms with E-state index in [1.54, 1.807) is 43.4 Å². The second-order valence-corrected chi connectivity index (χ2v) is 9.24. The first-order chi connectivity index (χ1) is 15.6. The van der Waals surface area contributed by atoms with Crippen LogP contribution in [0.4, 0.5) is 0 Å². The molecule has 0 saturated carbocycles. The maximum Gasteiger partial charge on any atom is 0.259 e. The molecule has 1 aliphatic heterocycles. The van der Waals surface area contributed by atoms with E-state index in [0.29, 0.717) is 29.8 Å². The van der Waals surface area contributed by atoms with E-state index in [1.165, 1.54) is 4.90 Å². The smallest absolute Gasteiger partial charge is 0.259 e. The van der Waals surface area contributed by atoms with Gasteiger partial charge in [0.25, 0.3) is 11.8 Å². The Kier molecular flexibility index (Phi) is 7.71. The molecule has 8 nitrogen and oxygen atoms in total. The molecule has 33 heavy (non-hydrogen) atoms. The number of likely N-dealkylation sites (N-methyl/N-ethyl adjacent to an activating group) is 1. The Morgan fingerprint density at radius 2 is 1.97 bits per heavy atom. The van der Waals surface area contributed by atoms with Gasteiger partial charge in [-0.1, -0.05) is 19.1 Å². The Hall–Kier alpha value is -2.97. The van der Waals surface area contributed by atoms with E-state index in [4.69, 9.17) is 4.74 Å². The second-order valence-electron chi connectivity index (χ2n) is 9.24. The zero-order valence-corrected chi connectivity index (χ0v) is 20.3. The summed E-state index contributed by atoms with van der Waals surface area (Å²) in [6.07, 6.45) is 1.50. The van der Waals surface area contributed by atoms with Crippen LogP contribution in [0.15, 0.2) is 36.5 Å². The number of aromatic nitrogens is 1. The van der Waals surface area contributed by atoms with Crippen molar-refractivity contribution in [1.82, 2.24) is 19.7 Å². The van der Waals surface area contributed by atoms with E-state index in [-0.39, 0.29) is 42.4 Å². The molecule has 178 valence electrons. The average molecular weight is 455 g/mol. The molecule has 0 bridgehead atoms. The topological polar surface area (TPSA) is 86.2 Å². The summed E-state index contributed by atoms with van der Waals surface area (Å²) in [4.78, 5) is 35.7. The van der Waals surface area contributed by atoms with Crippen LogP contribution in [-0.2, 0) is 0 Å². The summed E-state index contributed by atoms with van der Waals surface area (Å²) >= 11 is 0. The SMILES string of the molecule is C[C@H](CO)N1C[C@H](C)[C@H](CN(C)C)Oc2ncc(-c3cccc(C(=O)N(C)C)c3)cc2C1=O. The number of aliphatic hydroxyl groups excluding tert-OH is 1. The van der Waals surface area contributed by atoms with E-state index >= 15 is 0 Å². The van der Waals surface area contributed by atoms with Gasteiger partial charge in [-0.25, -0.2) is 4.98 Å². The van der Waals surface area contributed by atoms with Gasteiger partial charge in [0.15, 0.2) is 0 Å². The number of benzene rings is 1. The van der Waals surface area contributed by atoms with Crippen molar-refractivity contribution in [2.45, 2.75) is 26.0 Å². The summed E-state index contributed by atoms with van der Waals surface area (Å²) in [5, 5.41) is 9.79. The molecule has 1 aliphatic rings. The molecule has 0 radical (unpaired) electrons. The van der Waals surface area contributed by atoms with Crippen LogP contribution in [0, 0.1) is 5.92 Å². The van der Waals surface area contributed by atoms with Crippen LogP contribution >= 0.6 is 0 Å². The minimum absolute atomic E-state index is 0.0497. The third-order valence-corrected chi connectivity index (χ3v) is 5.92. The van der Waals surface area contributed by atoms with Gasteiger partial charge in [0.05, 0.1) is 12.6 Å². The maximum atomic E-state index is 13.5. The molecular weight excluding hydrogens is 420 g/mol. The standard InChI is InChI=1S/C25H34N4O4/c1-16-13-29(17(2)15-30)25(32)21-11-20(12-26-23(21)33-22(16)14-27(3)4)18-8-7-9-19(10-18)24(31)28(5)6/h7-12,16-17,22,30H,13-15H2,1-6H3/t16-,17+,22-/m0/s1. The molecule has 2 aromatic rings. The summed E-state index contributed by atoms with van der Waals surface area (Å²) in [5.74, 6) is 0.0158. The van der Waals surface area contributed by atoms with Gasteiger partial charge >= 0.3 is 0 Å². The number of rotatable bonds is 6. The maximum absolute atomic E-state index is 13.5. The average Bonchev–Trinajstić information content (AvgIpc) is 2.79. The highest BCUT2D eigenvalue weighted by Gasteiger charge is 2.34. The molecule has 1 aromatic heterocycles. The highest BCUT2D eigenvalue weighted by Crippen LogP contribution is 2.30. The Balaban J connectivity index is 2.07. The van der Waals surface area contributed by atoms with E-state index < -0.39 is 0 Å². The summed E-state index contributed by atoms with van der Waals surface area (Å²) in [6.45, 7) is 4.89. The lowest BCUT2D eigenvalue weighted by Crippen LogP contribution is -2.49. The second kappa shape index (κ2) is 10.3. The molecule has 0 aliphatic carbocycles. The number of carbonyl (C=O) groups excluding carboxylic acids is 2. The molecule has 2 amide bonds. The Morgan fingerprint density at radius 3 is 2.61 bits per heavy atom. The molecule has 1 aromatic carbocycles. The molecule has 0 spiro atoms. The molecule has 0 unspecified atom stereocenters. The number of aliphatic hydroxyl groups is 1. The largest absolute Gasteiger partial charge is 0.472 e. The first-order valence-corrected chi connectivity index (χ1v) is 11.2. The minimum Gasteiger partial charge on any atom is -0.472 e. The lowest BCUT2D eigenvalue weighted by Gasteiger charge is -2.37. The fourth-order valence-corrected chi connectivity index (χ4v) is 3.93. The van der Waals surface area contributed by atoms with Crippen LogP contribution in [-0.4, -0.2) is 96.6 Å². The van der Waals surface area contributed by atoms with Crippen LogP contribution in [0.1, 0.15) is 34.6 Å². The molecule has 0 saturated heterocycles. The normalized spacial score (nSPS) is 19.4. The third kappa shape index (κ3) is 5.51. The lowest BCUT2D eigenvalue weighted by atomic mass is 9.98. The Bertz CT molecular complexity index is 1010. The quantitative estimate of drug-likeness (QED) is 0.721. The highest BCUT2D eigenvalue weighted by molar-refractivity contribution is 5.98. The summed E-state index contributed by atoms with van der Waals surface area (Å²) in [6, 6.07) is 8.69. The van der Waals surface area contributed by atoms with Gasteiger partial charge in [0.1, 0.15) is 11.7 Å². The monoisotopic (exact) mass is 454 g/mol. The van der Waals surface area contributed by atoms with Gasteiger partial charge in [-0.05, 0) is 44.8 Å². The van der Waals surface area contributed by atoms with E-state index in [1.807, 2.05) is 45.0 Å². The molecule has 1 N–H and O–H groups in total. The number of ether oxygens (including phenoxy) is 1. The van der Waals surface area contributed by atoms with Crippen molar-refractivity contribution < 1.29 is 19.4 Å². The molecule has 0 fully saturated rings. The number of nitrogens with zero attached hydrogens (tertiary/aromatic N) is 4. The van der Waals surface area contributed by atoms with Gasteiger partial charge < -0.3 is 24.5 Å². The zero-order valence-electron chi connectivity index (χ0n) is 20.3. The van der Waals surface area contributed by atoms with Gasteiger partial charge in [0.2, 0.25) is 5.88 Å². The van der Waals surface area contributed by atoms with Crippen molar-refractivity contribution in [1.29, 1.82) is 0 Å². The van der Waals surface area contributed by atoms with Crippen molar-refractivity contribution in [2.24, 2.45) is 5.92 Å². The molecule has 2 heterocycles. The predicted molar refractivity (Wildman–Crippen MR) is 127 cm³/mol. The number of fused-ring (bicyclic) bond motifs is 1. The van der Waals surface area contributed by atoms with Crippen LogP contribution in [0.25, 0.3) is 11.1 Å². The minimum atomic E-state index is -0.337.